The normalized spacial score (nSPS) is 16.9. The van der Waals surface area contributed by atoms with Crippen LogP contribution in [0.15, 0.2) is 285 Å². The summed E-state index contributed by atoms with van der Waals surface area (Å²) < 4.78 is 75.5. The van der Waals surface area contributed by atoms with Crippen molar-refractivity contribution in [1.82, 2.24) is 0 Å². The van der Waals surface area contributed by atoms with Gasteiger partial charge in [0.05, 0.1) is 0 Å². The van der Waals surface area contributed by atoms with E-state index in [2.05, 4.69) is 78.8 Å². The van der Waals surface area contributed by atoms with Crippen molar-refractivity contribution in [2.24, 2.45) is 11.3 Å². The number of alkyl halides is 3. The summed E-state index contributed by atoms with van der Waals surface area (Å²) in [5, 5.41) is 114. The van der Waals surface area contributed by atoms with E-state index >= 15 is 0 Å². The van der Waals surface area contributed by atoms with E-state index in [-0.39, 0.29) is 116 Å². The summed E-state index contributed by atoms with van der Waals surface area (Å²) in [5.41, 5.74) is 16.9. The van der Waals surface area contributed by atoms with Crippen molar-refractivity contribution in [2.45, 2.75) is 123 Å². The van der Waals surface area contributed by atoms with Crippen LogP contribution in [-0.2, 0) is 0 Å². The molecule has 18 nitrogen and oxygen atoms in total. The van der Waals surface area contributed by atoms with Crippen molar-refractivity contribution in [2.75, 3.05) is 0 Å². The Balaban J connectivity index is 0.000000127. The van der Waals surface area contributed by atoms with Crippen molar-refractivity contribution in [3.8, 4) is 103 Å². The number of hydrogen-bond acceptors (Lipinski definition) is 18. The van der Waals surface area contributed by atoms with E-state index in [4.69, 9.17) is 28.4 Å². The standard InChI is InChI=1S/C21H16O3.2C19H20O3.2C18H18O3.C16H11F3O3/c22-17-9-6-14(7-10-17)19-12-16-8-11-18(23)13-20(16)24-21(19)15-4-2-1-3-5-15;1-19(2,3)18-16(12-4-7-14(20)8-5-12)10-13-6-9-15(21)11-17(13)22-18;1-2-3-4-18-17(13-5-8-15(20)9-6-13)11-14-7-10-16(21)12-19(14)22-18;1-11(2)18-16(12-3-6-14(19)7-4-12)9-13-5-8-15(20)10-17(13)21-18;1-2-3-17-16(12-4-7-14(19)8-5-12)10-13-6-9-15(20)11-18(13)21-17;17-16(18,19)15-13(9-1-4-11(20)5-2-9)7-10-3-6-12(21)8-14(10)22-15/h1-13,21-23H;4-11,18,20-21H,1-3H3;5-12,18,20-21H,2-4H2,1H3;3-11,18-20H,1-2H3;4-11,17,19-20H,2-3H2,1H3;1-8,15,20-21H. The van der Waals surface area contributed by atoms with Gasteiger partial charge in [0.2, 0.25) is 6.10 Å². The molecule has 6 aliphatic rings. The molecule has 676 valence electrons. The van der Waals surface area contributed by atoms with Crippen LogP contribution >= 0.6 is 0 Å². The van der Waals surface area contributed by atoms with Gasteiger partial charge in [-0.2, -0.15) is 13.2 Å². The highest BCUT2D eigenvalue weighted by Crippen LogP contribution is 2.49. The van der Waals surface area contributed by atoms with Gasteiger partial charge >= 0.3 is 6.18 Å². The fourth-order valence-electron chi connectivity index (χ4n) is 15.9. The number of benzene rings is 13. The van der Waals surface area contributed by atoms with Gasteiger partial charge in [0.25, 0.3) is 0 Å². The maximum Gasteiger partial charge on any atom is 0.429 e. The number of rotatable bonds is 13. The lowest BCUT2D eigenvalue weighted by Crippen LogP contribution is -2.37. The van der Waals surface area contributed by atoms with Crippen LogP contribution in [0.3, 0.4) is 0 Å². The molecule has 6 heterocycles. The second-order valence-corrected chi connectivity index (χ2v) is 34.0. The summed E-state index contributed by atoms with van der Waals surface area (Å²) in [6.45, 7) is 14.9. The predicted octanol–water partition coefficient (Wildman–Crippen LogP) is 26.0. The molecule has 0 saturated heterocycles. The molecule has 0 aromatic heterocycles. The molecule has 13 aromatic carbocycles. The monoisotopic (exact) mass is 1780 g/mol. The Labute approximate surface area is 764 Å². The Morgan fingerprint density at radius 1 is 0.273 bits per heavy atom. The molecule has 6 aliphatic heterocycles. The van der Waals surface area contributed by atoms with Crippen LogP contribution in [0.1, 0.15) is 159 Å². The number of phenols is 12. The third kappa shape index (κ3) is 22.9. The van der Waals surface area contributed by atoms with Gasteiger partial charge in [0.15, 0.2) is 0 Å². The van der Waals surface area contributed by atoms with Gasteiger partial charge in [-0.05, 0) is 246 Å². The van der Waals surface area contributed by atoms with Gasteiger partial charge in [-0.25, -0.2) is 0 Å². The molecular formula is C111H103F3O18. The topological polar surface area (TPSA) is 298 Å². The second-order valence-electron chi connectivity index (χ2n) is 34.0. The van der Waals surface area contributed by atoms with E-state index < -0.39 is 12.3 Å². The lowest BCUT2D eigenvalue weighted by Gasteiger charge is -2.36. The van der Waals surface area contributed by atoms with Crippen LogP contribution in [0.25, 0.3) is 69.9 Å². The molecule has 21 heteroatoms. The van der Waals surface area contributed by atoms with Crippen molar-refractivity contribution in [3.05, 3.63) is 357 Å². The molecule has 6 atom stereocenters. The smallest absolute Gasteiger partial charge is 0.429 e. The quantitative estimate of drug-likeness (QED) is 0.0511. The first kappa shape index (κ1) is 92.7. The van der Waals surface area contributed by atoms with Crippen LogP contribution in [0.5, 0.6) is 103 Å². The van der Waals surface area contributed by atoms with Crippen LogP contribution in [0, 0.1) is 11.3 Å². The van der Waals surface area contributed by atoms with Gasteiger partial charge in [-0.3, -0.25) is 0 Å². The van der Waals surface area contributed by atoms with Gasteiger partial charge in [0, 0.05) is 109 Å². The molecule has 6 unspecified atom stereocenters. The molecule has 0 fully saturated rings. The van der Waals surface area contributed by atoms with E-state index in [1.54, 1.807) is 121 Å². The third-order valence-electron chi connectivity index (χ3n) is 22.6. The molecular weight excluding hydrogens is 1680 g/mol. The zero-order valence-corrected chi connectivity index (χ0v) is 73.6. The molecule has 0 amide bonds. The average Bonchev–Trinajstić information content (AvgIpc) is 0.773. The highest BCUT2D eigenvalue weighted by Gasteiger charge is 2.47. The average molecular weight is 1780 g/mol. The number of phenolic OH excluding ortho intramolecular Hbond substituents is 12. The van der Waals surface area contributed by atoms with Crippen LogP contribution in [-0.4, -0.2) is 98.0 Å². The number of hydrogen-bond donors (Lipinski definition) is 12. The number of fused-ring (bicyclic) bond motifs is 6. The van der Waals surface area contributed by atoms with E-state index in [1.165, 1.54) is 42.5 Å². The molecule has 0 aliphatic carbocycles. The minimum absolute atomic E-state index is 0.0233. The third-order valence-corrected chi connectivity index (χ3v) is 22.6. The van der Waals surface area contributed by atoms with Crippen molar-refractivity contribution >= 4 is 69.9 Å². The first-order valence-corrected chi connectivity index (χ1v) is 43.4. The summed E-state index contributed by atoms with van der Waals surface area (Å²) in [4.78, 5) is 0. The van der Waals surface area contributed by atoms with E-state index in [0.717, 1.165) is 139 Å². The summed E-state index contributed by atoms with van der Waals surface area (Å²) in [7, 11) is 0. The lowest BCUT2D eigenvalue weighted by molar-refractivity contribution is -0.177. The Bertz CT molecular complexity index is 6280. The number of aromatic hydroxyl groups is 12. The second kappa shape index (κ2) is 40.9. The van der Waals surface area contributed by atoms with E-state index in [1.807, 2.05) is 121 Å². The van der Waals surface area contributed by atoms with Crippen molar-refractivity contribution < 1.29 is 103 Å². The summed E-state index contributed by atoms with van der Waals surface area (Å²) in [6.07, 6.45) is 9.60. The Hall–Kier alpha value is -15.5. The fourth-order valence-corrected chi connectivity index (χ4v) is 15.9. The van der Waals surface area contributed by atoms with E-state index in [0.29, 0.717) is 34.3 Å². The van der Waals surface area contributed by atoms with Gasteiger partial charge in [-0.15, -0.1) is 0 Å². The highest BCUT2D eigenvalue weighted by atomic mass is 19.4. The molecule has 0 saturated carbocycles. The molecule has 19 rings (SSSR count). The van der Waals surface area contributed by atoms with Crippen LogP contribution < -0.4 is 28.4 Å². The van der Waals surface area contributed by atoms with Gasteiger partial charge < -0.3 is 89.7 Å². The number of unbranched alkanes of at least 4 members (excludes halogenated alkanes) is 1. The Kier molecular flexibility index (Phi) is 28.7. The molecule has 0 bridgehead atoms. The Morgan fingerprint density at radius 3 is 0.864 bits per heavy atom. The van der Waals surface area contributed by atoms with Gasteiger partial charge in [-0.1, -0.05) is 164 Å². The fraction of sp³-hybridized carbons (Fsp3) is 0.189. The zero-order chi connectivity index (χ0) is 93.7. The first-order chi connectivity index (χ1) is 63.3. The van der Waals surface area contributed by atoms with Crippen LogP contribution in [0.2, 0.25) is 0 Å². The summed E-state index contributed by atoms with van der Waals surface area (Å²) >= 11 is 0. The molecule has 13 aromatic rings. The SMILES string of the molecule is CC(C)(C)C1Oc2cc(O)ccc2C=C1c1ccc(O)cc1.CC(C)C1Oc2cc(O)ccc2C=C1c1ccc(O)cc1.CCCC1Oc2cc(O)ccc2C=C1c1ccc(O)cc1.CCCCC1Oc2cc(O)ccc2C=C1c1ccc(O)cc1.Oc1ccc(C2=Cc3ccc(O)cc3OC2C(F)(F)F)cc1.Oc1ccc(C2=Cc3ccc(O)cc3OC2c2ccccc2)cc1. The largest absolute Gasteiger partial charge is 0.508 e. The first-order valence-electron chi connectivity index (χ1n) is 43.4. The zero-order valence-electron chi connectivity index (χ0n) is 73.6. The molecule has 0 spiro atoms. The summed E-state index contributed by atoms with van der Waals surface area (Å²) in [6, 6.07) is 81.0. The molecule has 132 heavy (non-hydrogen) atoms. The van der Waals surface area contributed by atoms with Crippen LogP contribution in [0.4, 0.5) is 13.2 Å². The minimum Gasteiger partial charge on any atom is -0.508 e. The Morgan fingerprint density at radius 2 is 0.538 bits per heavy atom. The molecule has 0 radical (unpaired) electrons. The lowest BCUT2D eigenvalue weighted by atomic mass is 9.80. The maximum absolute atomic E-state index is 13.3. The highest BCUT2D eigenvalue weighted by molar-refractivity contribution is 5.93. The number of halogens is 3. The van der Waals surface area contributed by atoms with E-state index in [9.17, 15) is 74.4 Å². The van der Waals surface area contributed by atoms with Crippen molar-refractivity contribution in [1.29, 1.82) is 0 Å². The number of ether oxygens (including phenoxy) is 6. The summed E-state index contributed by atoms with van der Waals surface area (Å²) in [5.74, 6) is 5.85. The minimum atomic E-state index is -4.60. The molecule has 12 N–H and O–H groups in total. The van der Waals surface area contributed by atoms with Gasteiger partial charge in [0.1, 0.15) is 134 Å². The van der Waals surface area contributed by atoms with Crippen molar-refractivity contribution in [3.63, 3.8) is 0 Å². The maximum atomic E-state index is 13.3. The predicted molar refractivity (Wildman–Crippen MR) is 511 cm³/mol.